The van der Waals surface area contributed by atoms with Crippen LogP contribution < -0.4 is 0 Å². The molecule has 1 fully saturated rings. The van der Waals surface area contributed by atoms with E-state index >= 15 is 0 Å². The molecule has 0 aliphatic carbocycles. The van der Waals surface area contributed by atoms with Gasteiger partial charge in [-0.1, -0.05) is 12.1 Å². The third-order valence-electron chi connectivity index (χ3n) is 4.82. The van der Waals surface area contributed by atoms with Crippen molar-refractivity contribution in [1.29, 1.82) is 0 Å². The van der Waals surface area contributed by atoms with Crippen LogP contribution in [0.2, 0.25) is 0 Å². The molecule has 24 heavy (non-hydrogen) atoms. The highest BCUT2D eigenvalue weighted by molar-refractivity contribution is 5.80. The topological polar surface area (TPSA) is 43.4 Å². The smallest absolute Gasteiger partial charge is 0.134 e. The number of fused-ring (bicyclic) bond motifs is 1. The zero-order valence-corrected chi connectivity index (χ0v) is 14.0. The molecule has 1 aliphatic heterocycles. The van der Waals surface area contributed by atoms with Gasteiger partial charge in [-0.05, 0) is 30.0 Å². The molecule has 1 aromatic carbocycles. The number of imidazole rings is 1. The Morgan fingerprint density at radius 2 is 2.25 bits per heavy atom. The highest BCUT2D eigenvalue weighted by Gasteiger charge is 2.21. The van der Waals surface area contributed by atoms with Crippen LogP contribution in [0.5, 0.6) is 0 Å². The molecule has 5 nitrogen and oxygen atoms in total. The van der Waals surface area contributed by atoms with Gasteiger partial charge < -0.3 is 13.7 Å². The predicted molar refractivity (Wildman–Crippen MR) is 92.7 cm³/mol. The molecule has 0 unspecified atom stereocenters. The predicted octanol–water partition coefficient (Wildman–Crippen LogP) is 2.86. The number of aryl methyl sites for hydroxylation is 1. The summed E-state index contributed by atoms with van der Waals surface area (Å²) in [7, 11) is 2.05. The lowest BCUT2D eigenvalue weighted by Gasteiger charge is -2.23. The van der Waals surface area contributed by atoms with Gasteiger partial charge in [-0.15, -0.1) is 0 Å². The average molecular weight is 325 g/mol. The quantitative estimate of drug-likeness (QED) is 0.740. The Morgan fingerprint density at radius 1 is 1.29 bits per heavy atom. The number of benzene rings is 1. The van der Waals surface area contributed by atoms with Crippen LogP contribution in [0.4, 0.5) is 0 Å². The molecular formula is C19H23N3O2. The van der Waals surface area contributed by atoms with Crippen molar-refractivity contribution in [3.63, 3.8) is 0 Å². The van der Waals surface area contributed by atoms with Crippen molar-refractivity contribution in [3.05, 3.63) is 54.3 Å². The molecule has 5 heteroatoms. The Hall–Kier alpha value is -2.11. The van der Waals surface area contributed by atoms with Crippen molar-refractivity contribution in [2.75, 3.05) is 26.3 Å². The summed E-state index contributed by atoms with van der Waals surface area (Å²) in [5, 5.41) is 1.22. The molecule has 1 aliphatic rings. The van der Waals surface area contributed by atoms with Crippen molar-refractivity contribution in [2.45, 2.75) is 13.0 Å². The molecule has 1 atom stereocenters. The summed E-state index contributed by atoms with van der Waals surface area (Å²) in [5.74, 6) is 0.487. The van der Waals surface area contributed by atoms with E-state index in [-0.39, 0.29) is 0 Å². The fourth-order valence-corrected chi connectivity index (χ4v) is 3.53. The van der Waals surface area contributed by atoms with Crippen LogP contribution in [0.15, 0.2) is 47.5 Å². The zero-order valence-electron chi connectivity index (χ0n) is 14.0. The Kier molecular flexibility index (Phi) is 4.36. The summed E-state index contributed by atoms with van der Waals surface area (Å²) in [4.78, 5) is 6.70. The lowest BCUT2D eigenvalue weighted by Crippen LogP contribution is -2.31. The van der Waals surface area contributed by atoms with Crippen molar-refractivity contribution in [1.82, 2.24) is 14.5 Å². The average Bonchev–Trinajstić information content (AvgIpc) is 3.15. The minimum Gasteiger partial charge on any atom is -0.464 e. The normalized spacial score (nSPS) is 19.6. The SMILES string of the molecule is Cn1cncc1CN1CCOC[C@@H](Cc2cccc3occc23)C1. The second kappa shape index (κ2) is 6.79. The molecule has 3 heterocycles. The first-order chi connectivity index (χ1) is 11.8. The minimum atomic E-state index is 0.487. The number of furan rings is 1. The molecular weight excluding hydrogens is 302 g/mol. The van der Waals surface area contributed by atoms with Crippen LogP contribution in [0.25, 0.3) is 11.0 Å². The number of hydrogen-bond acceptors (Lipinski definition) is 4. The van der Waals surface area contributed by atoms with Gasteiger partial charge in [0.15, 0.2) is 0 Å². The van der Waals surface area contributed by atoms with Crippen LogP contribution in [0.3, 0.4) is 0 Å². The van der Waals surface area contributed by atoms with Gasteiger partial charge in [-0.2, -0.15) is 0 Å². The second-order valence-electron chi connectivity index (χ2n) is 6.63. The third kappa shape index (κ3) is 3.23. The summed E-state index contributed by atoms with van der Waals surface area (Å²) >= 11 is 0. The summed E-state index contributed by atoms with van der Waals surface area (Å²) < 4.78 is 13.5. The van der Waals surface area contributed by atoms with E-state index in [2.05, 4.69) is 32.7 Å². The first-order valence-corrected chi connectivity index (χ1v) is 8.50. The minimum absolute atomic E-state index is 0.487. The maximum atomic E-state index is 5.86. The molecule has 0 radical (unpaired) electrons. The number of nitrogens with zero attached hydrogens (tertiary/aromatic N) is 3. The van der Waals surface area contributed by atoms with Crippen LogP contribution >= 0.6 is 0 Å². The summed E-state index contributed by atoms with van der Waals surface area (Å²) in [6, 6.07) is 8.37. The van der Waals surface area contributed by atoms with Crippen molar-refractivity contribution in [3.8, 4) is 0 Å². The molecule has 0 N–H and O–H groups in total. The Bertz CT molecular complexity index is 808. The number of rotatable bonds is 4. The molecule has 0 saturated carbocycles. The molecule has 2 aromatic heterocycles. The van der Waals surface area contributed by atoms with E-state index in [4.69, 9.17) is 9.15 Å². The van der Waals surface area contributed by atoms with Gasteiger partial charge >= 0.3 is 0 Å². The van der Waals surface area contributed by atoms with E-state index in [9.17, 15) is 0 Å². The molecule has 0 bridgehead atoms. The van der Waals surface area contributed by atoms with Gasteiger partial charge in [0.1, 0.15) is 5.58 Å². The van der Waals surface area contributed by atoms with Crippen LogP contribution in [-0.2, 0) is 24.8 Å². The van der Waals surface area contributed by atoms with E-state index in [1.165, 1.54) is 16.6 Å². The molecule has 3 aromatic rings. The first kappa shape index (κ1) is 15.4. The van der Waals surface area contributed by atoms with Crippen molar-refractivity contribution >= 4 is 11.0 Å². The first-order valence-electron chi connectivity index (χ1n) is 8.50. The maximum absolute atomic E-state index is 5.86. The van der Waals surface area contributed by atoms with Gasteiger partial charge in [0, 0.05) is 38.3 Å². The van der Waals surface area contributed by atoms with Gasteiger partial charge in [-0.25, -0.2) is 4.98 Å². The standard InChI is InChI=1S/C19H23N3O2/c1-21-14-20-10-17(21)12-22-6-8-23-13-15(11-22)9-16-3-2-4-19-18(16)5-7-24-19/h2-5,7,10,14-15H,6,8-9,11-13H2,1H3/t15-/m0/s1. The van der Waals surface area contributed by atoms with E-state index in [0.717, 1.165) is 44.9 Å². The summed E-state index contributed by atoms with van der Waals surface area (Å²) in [5.41, 5.74) is 3.55. The fourth-order valence-electron chi connectivity index (χ4n) is 3.53. The molecule has 0 amide bonds. The summed E-state index contributed by atoms with van der Waals surface area (Å²) in [6.45, 7) is 4.55. The van der Waals surface area contributed by atoms with Gasteiger partial charge in [-0.3, -0.25) is 4.90 Å². The Morgan fingerprint density at radius 3 is 3.12 bits per heavy atom. The van der Waals surface area contributed by atoms with Crippen LogP contribution in [0.1, 0.15) is 11.3 Å². The van der Waals surface area contributed by atoms with E-state index in [1.807, 2.05) is 25.6 Å². The Labute approximate surface area is 141 Å². The van der Waals surface area contributed by atoms with E-state index in [1.54, 1.807) is 6.26 Å². The highest BCUT2D eigenvalue weighted by Crippen LogP contribution is 2.24. The number of hydrogen-bond donors (Lipinski definition) is 0. The largest absolute Gasteiger partial charge is 0.464 e. The highest BCUT2D eigenvalue weighted by atomic mass is 16.5. The van der Waals surface area contributed by atoms with Crippen LogP contribution in [-0.4, -0.2) is 40.8 Å². The van der Waals surface area contributed by atoms with Crippen molar-refractivity contribution in [2.24, 2.45) is 13.0 Å². The monoisotopic (exact) mass is 325 g/mol. The molecule has 0 spiro atoms. The maximum Gasteiger partial charge on any atom is 0.134 e. The number of aromatic nitrogens is 2. The van der Waals surface area contributed by atoms with E-state index < -0.39 is 0 Å². The van der Waals surface area contributed by atoms with E-state index in [0.29, 0.717) is 5.92 Å². The van der Waals surface area contributed by atoms with Crippen LogP contribution in [0, 0.1) is 5.92 Å². The molecule has 126 valence electrons. The zero-order chi connectivity index (χ0) is 16.4. The van der Waals surface area contributed by atoms with Gasteiger partial charge in [0.2, 0.25) is 0 Å². The lowest BCUT2D eigenvalue weighted by molar-refractivity contribution is 0.122. The lowest BCUT2D eigenvalue weighted by atomic mass is 9.97. The fraction of sp³-hybridized carbons (Fsp3) is 0.421. The van der Waals surface area contributed by atoms with Gasteiger partial charge in [0.25, 0.3) is 0 Å². The second-order valence-corrected chi connectivity index (χ2v) is 6.63. The number of ether oxygens (including phenoxy) is 1. The Balaban J connectivity index is 1.48. The van der Waals surface area contributed by atoms with Gasteiger partial charge in [0.05, 0.1) is 31.5 Å². The summed E-state index contributed by atoms with van der Waals surface area (Å²) in [6.07, 6.45) is 6.60. The third-order valence-corrected chi connectivity index (χ3v) is 4.82. The molecule has 1 saturated heterocycles. The van der Waals surface area contributed by atoms with Crippen molar-refractivity contribution < 1.29 is 9.15 Å². The molecule has 4 rings (SSSR count).